The SMILES string of the molecule is O=[N+]([O-])C1CCC1. The molecular weight excluding hydrogens is 94.0 g/mol. The van der Waals surface area contributed by atoms with Crippen molar-refractivity contribution in [2.24, 2.45) is 0 Å². The molecule has 0 spiro atoms. The van der Waals surface area contributed by atoms with E-state index < -0.39 is 0 Å². The molecule has 1 aliphatic rings. The van der Waals surface area contributed by atoms with Crippen LogP contribution in [0.15, 0.2) is 0 Å². The highest BCUT2D eigenvalue weighted by Crippen LogP contribution is 2.20. The second-order valence-corrected chi connectivity index (χ2v) is 1.87. The molecule has 0 saturated heterocycles. The molecule has 0 N–H and O–H groups in total. The molecule has 0 aromatic heterocycles. The molecule has 1 fully saturated rings. The van der Waals surface area contributed by atoms with Gasteiger partial charge in [0.25, 0.3) is 0 Å². The lowest BCUT2D eigenvalue weighted by atomic mass is 9.94. The largest absolute Gasteiger partial charge is 0.264 e. The summed E-state index contributed by atoms with van der Waals surface area (Å²) in [6.45, 7) is 0. The smallest absolute Gasteiger partial charge is 0.213 e. The molecule has 0 heterocycles. The quantitative estimate of drug-likeness (QED) is 0.362. The van der Waals surface area contributed by atoms with Gasteiger partial charge in [-0.15, -0.1) is 0 Å². The first kappa shape index (κ1) is 4.56. The summed E-state index contributed by atoms with van der Waals surface area (Å²) in [5, 5.41) is 9.79. The molecular formula is C4H7NO2. The molecule has 0 aromatic rings. The van der Waals surface area contributed by atoms with Gasteiger partial charge in [-0.25, -0.2) is 0 Å². The second kappa shape index (κ2) is 1.48. The molecule has 1 saturated carbocycles. The number of nitro groups is 1. The molecule has 0 amide bonds. The van der Waals surface area contributed by atoms with Crippen LogP contribution >= 0.6 is 0 Å². The first-order valence-electron chi connectivity index (χ1n) is 2.44. The fraction of sp³-hybridized carbons (Fsp3) is 1.00. The molecule has 0 aromatic carbocycles. The van der Waals surface area contributed by atoms with Crippen LogP contribution in [-0.4, -0.2) is 11.0 Å². The summed E-state index contributed by atoms with van der Waals surface area (Å²) in [7, 11) is 0. The molecule has 0 aliphatic heterocycles. The van der Waals surface area contributed by atoms with E-state index in [1.54, 1.807) is 0 Å². The van der Waals surface area contributed by atoms with Gasteiger partial charge in [0.1, 0.15) is 0 Å². The van der Waals surface area contributed by atoms with Crippen LogP contribution in [0.1, 0.15) is 19.3 Å². The van der Waals surface area contributed by atoms with E-state index in [0.717, 1.165) is 19.3 Å². The zero-order valence-corrected chi connectivity index (χ0v) is 3.96. The van der Waals surface area contributed by atoms with Crippen LogP contribution in [0.2, 0.25) is 0 Å². The number of hydrogen-bond donors (Lipinski definition) is 0. The van der Waals surface area contributed by atoms with Crippen molar-refractivity contribution in [3.8, 4) is 0 Å². The second-order valence-electron chi connectivity index (χ2n) is 1.87. The Bertz CT molecular complexity index is 87.7. The molecule has 7 heavy (non-hydrogen) atoms. The lowest BCUT2D eigenvalue weighted by Gasteiger charge is -2.15. The highest BCUT2D eigenvalue weighted by atomic mass is 16.6. The van der Waals surface area contributed by atoms with Crippen molar-refractivity contribution in [2.75, 3.05) is 0 Å². The number of rotatable bonds is 1. The van der Waals surface area contributed by atoms with Gasteiger partial charge >= 0.3 is 0 Å². The summed E-state index contributed by atoms with van der Waals surface area (Å²) < 4.78 is 0. The van der Waals surface area contributed by atoms with Crippen molar-refractivity contribution in [2.45, 2.75) is 25.3 Å². The Labute approximate surface area is 41.5 Å². The van der Waals surface area contributed by atoms with E-state index in [1.807, 2.05) is 0 Å². The Hall–Kier alpha value is -0.600. The molecule has 1 rings (SSSR count). The van der Waals surface area contributed by atoms with Gasteiger partial charge in [-0.05, 0) is 6.42 Å². The summed E-state index contributed by atoms with van der Waals surface area (Å²) in [5.74, 6) is 0. The molecule has 0 bridgehead atoms. The monoisotopic (exact) mass is 101 g/mol. The third-order valence-electron chi connectivity index (χ3n) is 1.37. The summed E-state index contributed by atoms with van der Waals surface area (Å²) >= 11 is 0. The maximum Gasteiger partial charge on any atom is 0.213 e. The van der Waals surface area contributed by atoms with Gasteiger partial charge in [0.2, 0.25) is 6.04 Å². The summed E-state index contributed by atoms with van der Waals surface area (Å²) in [6, 6.07) is -0.194. The Morgan fingerprint density at radius 1 is 1.57 bits per heavy atom. The maximum atomic E-state index is 9.79. The van der Waals surface area contributed by atoms with Gasteiger partial charge in [-0.2, -0.15) is 0 Å². The molecule has 3 heteroatoms. The molecule has 1 aliphatic carbocycles. The first-order valence-corrected chi connectivity index (χ1v) is 2.44. The van der Waals surface area contributed by atoms with Crippen LogP contribution in [-0.2, 0) is 0 Å². The van der Waals surface area contributed by atoms with Crippen molar-refractivity contribution < 1.29 is 4.92 Å². The third kappa shape index (κ3) is 0.706. The van der Waals surface area contributed by atoms with E-state index in [0.29, 0.717) is 0 Å². The van der Waals surface area contributed by atoms with Crippen molar-refractivity contribution in [3.05, 3.63) is 10.1 Å². The van der Waals surface area contributed by atoms with Gasteiger partial charge in [0.05, 0.1) is 0 Å². The Balaban J connectivity index is 2.27. The summed E-state index contributed by atoms with van der Waals surface area (Å²) in [6.07, 6.45) is 2.64. The highest BCUT2D eigenvalue weighted by molar-refractivity contribution is 4.66. The van der Waals surface area contributed by atoms with Crippen LogP contribution in [0.5, 0.6) is 0 Å². The van der Waals surface area contributed by atoms with E-state index in [4.69, 9.17) is 0 Å². The van der Waals surface area contributed by atoms with E-state index >= 15 is 0 Å². The lowest BCUT2D eigenvalue weighted by molar-refractivity contribution is -0.535. The standard InChI is InChI=1S/C4H7NO2/c6-5(7)4-2-1-3-4/h4H,1-3H2. The average molecular weight is 101 g/mol. The Morgan fingerprint density at radius 3 is 2.14 bits per heavy atom. The van der Waals surface area contributed by atoms with Crippen LogP contribution in [0.3, 0.4) is 0 Å². The van der Waals surface area contributed by atoms with Crippen molar-refractivity contribution in [3.63, 3.8) is 0 Å². The first-order chi connectivity index (χ1) is 3.30. The zero-order valence-electron chi connectivity index (χ0n) is 3.96. The minimum absolute atomic E-state index is 0.191. The maximum absolute atomic E-state index is 9.79. The molecule has 0 atom stereocenters. The minimum atomic E-state index is -0.194. The van der Waals surface area contributed by atoms with Gasteiger partial charge in [-0.3, -0.25) is 10.1 Å². The van der Waals surface area contributed by atoms with E-state index in [1.165, 1.54) is 0 Å². The Kier molecular flexibility index (Phi) is 0.964. The lowest BCUT2D eigenvalue weighted by Crippen LogP contribution is -2.26. The van der Waals surface area contributed by atoms with E-state index in [-0.39, 0.29) is 11.0 Å². The topological polar surface area (TPSA) is 43.1 Å². The Morgan fingerprint density at radius 2 is 2.14 bits per heavy atom. The number of nitrogens with zero attached hydrogens (tertiary/aromatic N) is 1. The average Bonchev–Trinajstić information content (AvgIpc) is 1.23. The van der Waals surface area contributed by atoms with Gasteiger partial charge < -0.3 is 0 Å². The van der Waals surface area contributed by atoms with E-state index in [9.17, 15) is 10.1 Å². The van der Waals surface area contributed by atoms with Gasteiger partial charge in [-0.1, -0.05) is 0 Å². The van der Waals surface area contributed by atoms with Crippen LogP contribution < -0.4 is 0 Å². The highest BCUT2D eigenvalue weighted by Gasteiger charge is 2.27. The van der Waals surface area contributed by atoms with Crippen molar-refractivity contribution >= 4 is 0 Å². The fourth-order valence-corrected chi connectivity index (χ4v) is 0.598. The molecule has 40 valence electrons. The summed E-state index contributed by atoms with van der Waals surface area (Å²) in [5.41, 5.74) is 0. The summed E-state index contributed by atoms with van der Waals surface area (Å²) in [4.78, 5) is 9.60. The molecule has 0 unspecified atom stereocenters. The minimum Gasteiger partial charge on any atom is -0.264 e. The van der Waals surface area contributed by atoms with Crippen molar-refractivity contribution in [1.82, 2.24) is 0 Å². The van der Waals surface area contributed by atoms with Crippen molar-refractivity contribution in [1.29, 1.82) is 0 Å². The normalized spacial score (nSPS) is 21.1. The molecule has 0 radical (unpaired) electrons. The number of hydrogen-bond acceptors (Lipinski definition) is 2. The van der Waals surface area contributed by atoms with Crippen LogP contribution in [0.4, 0.5) is 0 Å². The van der Waals surface area contributed by atoms with Crippen LogP contribution in [0, 0.1) is 10.1 Å². The van der Waals surface area contributed by atoms with Crippen LogP contribution in [0.25, 0.3) is 0 Å². The predicted octanol–water partition coefficient (Wildman–Crippen LogP) is 0.816. The fourth-order valence-electron chi connectivity index (χ4n) is 0.598. The third-order valence-corrected chi connectivity index (χ3v) is 1.37. The predicted molar refractivity (Wildman–Crippen MR) is 24.6 cm³/mol. The van der Waals surface area contributed by atoms with Gasteiger partial charge in [0, 0.05) is 17.8 Å². The van der Waals surface area contributed by atoms with E-state index in [2.05, 4.69) is 0 Å². The molecule has 3 nitrogen and oxygen atoms in total. The zero-order chi connectivity index (χ0) is 5.28. The van der Waals surface area contributed by atoms with Gasteiger partial charge in [0.15, 0.2) is 0 Å².